The molecule has 326 valence electrons. The number of aliphatic hydroxyl groups excluding tert-OH is 3. The van der Waals surface area contributed by atoms with E-state index in [9.17, 15) is 24.9 Å². The largest absolute Gasteiger partial charge is 0.466 e. The summed E-state index contributed by atoms with van der Waals surface area (Å²) in [7, 11) is 0. The van der Waals surface area contributed by atoms with Crippen LogP contribution in [0.4, 0.5) is 0 Å². The average molecular weight is 789 g/mol. The van der Waals surface area contributed by atoms with E-state index in [2.05, 4.69) is 37.9 Å². The van der Waals surface area contributed by atoms with Gasteiger partial charge in [0.25, 0.3) is 0 Å². The van der Waals surface area contributed by atoms with Gasteiger partial charge in [-0.05, 0) is 149 Å². The molecule has 8 heteroatoms. The molecule has 56 heavy (non-hydrogen) atoms. The van der Waals surface area contributed by atoms with E-state index in [1.165, 1.54) is 57.8 Å². The Kier molecular flexibility index (Phi) is 21.0. The lowest BCUT2D eigenvalue weighted by atomic mass is 9.43. The number of carbonyl (C=O) groups excluding carboxylic acids is 2. The molecule has 10 atom stereocenters. The third-order valence-corrected chi connectivity index (χ3v) is 16.0. The zero-order valence-electron chi connectivity index (χ0n) is 36.8. The van der Waals surface area contributed by atoms with Crippen molar-refractivity contribution in [1.82, 2.24) is 10.2 Å². The third kappa shape index (κ3) is 13.9. The van der Waals surface area contributed by atoms with Crippen LogP contribution >= 0.6 is 0 Å². The highest BCUT2D eigenvalue weighted by atomic mass is 16.5. The number of nitrogens with zero attached hydrogens (tertiary/aromatic N) is 1. The van der Waals surface area contributed by atoms with Gasteiger partial charge in [-0.15, -0.1) is 0 Å². The smallest absolute Gasteiger partial charge is 0.305 e. The highest BCUT2D eigenvalue weighted by Crippen LogP contribution is 2.68. The molecule has 0 bridgehead atoms. The summed E-state index contributed by atoms with van der Waals surface area (Å²) >= 11 is 0. The number of nitrogens with one attached hydrogen (secondary N) is 1. The lowest BCUT2D eigenvalue weighted by Crippen LogP contribution is -2.58. The van der Waals surface area contributed by atoms with Crippen molar-refractivity contribution in [3.05, 3.63) is 0 Å². The molecule has 0 radical (unpaired) electrons. The van der Waals surface area contributed by atoms with Gasteiger partial charge in [-0.3, -0.25) is 9.59 Å². The van der Waals surface area contributed by atoms with Crippen molar-refractivity contribution in [1.29, 1.82) is 0 Å². The number of fused-ring (bicyclic) bond motifs is 5. The fraction of sp³-hybridized carbons (Fsp3) is 0.958. The molecule has 0 aromatic heterocycles. The van der Waals surface area contributed by atoms with Crippen molar-refractivity contribution in [2.75, 3.05) is 39.4 Å². The summed E-state index contributed by atoms with van der Waals surface area (Å²) in [5.74, 6) is 3.30. The number of amides is 1. The monoisotopic (exact) mass is 789 g/mol. The number of hydrogen-bond acceptors (Lipinski definition) is 7. The molecule has 0 spiro atoms. The SMILES string of the molecule is CCCCCCCCCC(=O)OCCCCCCN(CCO)CCCCCCNC(=O)CC[C@@H](C)[C@H]1CC[C@H]2[C@@H]3[C@@H](O)C[C@@H]4C[C@H](O)CC[C@]4(C)[C@H]3CC[C@]12C. The Balaban J connectivity index is 1.00. The van der Waals surface area contributed by atoms with Gasteiger partial charge in [0.15, 0.2) is 0 Å². The van der Waals surface area contributed by atoms with Crippen LogP contribution < -0.4 is 5.32 Å². The van der Waals surface area contributed by atoms with Crippen LogP contribution in [0.25, 0.3) is 0 Å². The maximum Gasteiger partial charge on any atom is 0.305 e. The van der Waals surface area contributed by atoms with Crippen molar-refractivity contribution in [2.45, 2.75) is 207 Å². The molecule has 0 aromatic rings. The number of hydrogen-bond donors (Lipinski definition) is 4. The molecule has 4 aliphatic rings. The molecule has 0 saturated heterocycles. The first kappa shape index (κ1) is 47.5. The van der Waals surface area contributed by atoms with Gasteiger partial charge < -0.3 is 30.3 Å². The Labute approximate surface area is 343 Å². The molecule has 4 aliphatic carbocycles. The number of ether oxygens (including phenoxy) is 1. The minimum atomic E-state index is -0.233. The number of rotatable bonds is 28. The molecule has 4 N–H and O–H groups in total. The van der Waals surface area contributed by atoms with Crippen LogP contribution in [0.1, 0.15) is 195 Å². The van der Waals surface area contributed by atoms with Gasteiger partial charge >= 0.3 is 5.97 Å². The average Bonchev–Trinajstić information content (AvgIpc) is 3.53. The first-order valence-electron chi connectivity index (χ1n) is 24.1. The second-order valence-electron chi connectivity index (χ2n) is 19.8. The van der Waals surface area contributed by atoms with E-state index in [0.717, 1.165) is 122 Å². The van der Waals surface area contributed by atoms with Crippen LogP contribution in [0.15, 0.2) is 0 Å². The zero-order chi connectivity index (χ0) is 40.4. The molecule has 0 aliphatic heterocycles. The fourth-order valence-electron chi connectivity index (χ4n) is 12.6. The van der Waals surface area contributed by atoms with Crippen LogP contribution in [-0.2, 0) is 14.3 Å². The summed E-state index contributed by atoms with van der Waals surface area (Å²) in [5, 5.41) is 34.7. The number of unbranched alkanes of at least 4 members (excludes halogenated alkanes) is 12. The Morgan fingerprint density at radius 3 is 2.12 bits per heavy atom. The number of carbonyl (C=O) groups is 2. The van der Waals surface area contributed by atoms with Crippen LogP contribution in [-0.4, -0.2) is 83.7 Å². The van der Waals surface area contributed by atoms with E-state index >= 15 is 0 Å². The van der Waals surface area contributed by atoms with Crippen molar-refractivity contribution < 1.29 is 29.6 Å². The maximum atomic E-state index is 12.9. The topological polar surface area (TPSA) is 119 Å². The molecule has 0 aromatic carbocycles. The Morgan fingerprint density at radius 2 is 1.39 bits per heavy atom. The fourth-order valence-corrected chi connectivity index (χ4v) is 12.6. The molecule has 0 heterocycles. The van der Waals surface area contributed by atoms with Crippen molar-refractivity contribution in [2.24, 2.45) is 46.3 Å². The summed E-state index contributed by atoms with van der Waals surface area (Å²) < 4.78 is 5.43. The van der Waals surface area contributed by atoms with Crippen molar-refractivity contribution in [3.8, 4) is 0 Å². The first-order valence-corrected chi connectivity index (χ1v) is 24.1. The number of aliphatic hydroxyl groups is 3. The highest BCUT2D eigenvalue weighted by Gasteiger charge is 2.62. The second-order valence-corrected chi connectivity index (χ2v) is 19.8. The molecule has 4 fully saturated rings. The molecule has 0 unspecified atom stereocenters. The van der Waals surface area contributed by atoms with Crippen LogP contribution in [0, 0.1) is 46.3 Å². The van der Waals surface area contributed by atoms with Crippen LogP contribution in [0.2, 0.25) is 0 Å². The quantitative estimate of drug-likeness (QED) is 0.0461. The molecule has 4 rings (SSSR count). The van der Waals surface area contributed by atoms with E-state index in [1.807, 2.05) is 0 Å². The van der Waals surface area contributed by atoms with Gasteiger partial charge in [0.05, 0.1) is 25.4 Å². The van der Waals surface area contributed by atoms with Gasteiger partial charge in [-0.2, -0.15) is 0 Å². The van der Waals surface area contributed by atoms with Gasteiger partial charge in [-0.1, -0.05) is 91.9 Å². The van der Waals surface area contributed by atoms with Gasteiger partial charge in [0.1, 0.15) is 0 Å². The van der Waals surface area contributed by atoms with Crippen molar-refractivity contribution in [3.63, 3.8) is 0 Å². The molecular formula is C48H88N2O6. The summed E-state index contributed by atoms with van der Waals surface area (Å²) in [6.45, 7) is 13.8. The van der Waals surface area contributed by atoms with Crippen LogP contribution in [0.5, 0.6) is 0 Å². The predicted molar refractivity (Wildman–Crippen MR) is 228 cm³/mol. The van der Waals surface area contributed by atoms with Gasteiger partial charge in [0.2, 0.25) is 5.91 Å². The van der Waals surface area contributed by atoms with E-state index in [1.54, 1.807) is 0 Å². The second kappa shape index (κ2) is 24.8. The minimum Gasteiger partial charge on any atom is -0.466 e. The van der Waals surface area contributed by atoms with E-state index in [-0.39, 0.29) is 41.5 Å². The maximum absolute atomic E-state index is 12.9. The predicted octanol–water partition coefficient (Wildman–Crippen LogP) is 9.61. The standard InChI is InChI=1S/C48H88N2O6/c1-5-6-7-8-9-10-15-20-45(55)56-34-19-14-13-18-31-50(32-33-51)30-17-12-11-16-29-49-44(54)24-21-37(2)40-22-23-41-46-42(26-28-48(40,41)4)47(3)27-25-39(52)35-38(47)36-43(46)53/h37-43,46,51-53H,5-36H2,1-4H3,(H,49,54)/t37-,38+,39-,40-,41+,42+,43+,46+,47+,48-/m1/s1. The normalized spacial score (nSPS) is 31.8. The molecular weight excluding hydrogens is 701 g/mol. The summed E-state index contributed by atoms with van der Waals surface area (Å²) in [6, 6.07) is 0. The molecule has 1 amide bonds. The number of esters is 1. The highest BCUT2D eigenvalue weighted by molar-refractivity contribution is 5.75. The van der Waals surface area contributed by atoms with E-state index in [4.69, 9.17) is 4.74 Å². The van der Waals surface area contributed by atoms with E-state index in [0.29, 0.717) is 55.0 Å². The van der Waals surface area contributed by atoms with E-state index < -0.39 is 0 Å². The first-order chi connectivity index (χ1) is 27.0. The summed E-state index contributed by atoms with van der Waals surface area (Å²) in [4.78, 5) is 27.2. The Morgan fingerprint density at radius 1 is 0.750 bits per heavy atom. The summed E-state index contributed by atoms with van der Waals surface area (Å²) in [6.07, 6.45) is 27.4. The lowest BCUT2D eigenvalue weighted by molar-refractivity contribution is -0.174. The third-order valence-electron chi connectivity index (χ3n) is 16.0. The minimum absolute atomic E-state index is 0.0400. The zero-order valence-corrected chi connectivity index (χ0v) is 36.8. The molecule has 4 saturated carbocycles. The van der Waals surface area contributed by atoms with Crippen LogP contribution in [0.3, 0.4) is 0 Å². The van der Waals surface area contributed by atoms with Gasteiger partial charge in [0, 0.05) is 25.9 Å². The van der Waals surface area contributed by atoms with Crippen molar-refractivity contribution >= 4 is 11.9 Å². The Bertz CT molecular complexity index is 1120. The lowest BCUT2D eigenvalue weighted by Gasteiger charge is -2.62. The Hall–Kier alpha value is -1.22. The van der Waals surface area contributed by atoms with Gasteiger partial charge in [-0.25, -0.2) is 0 Å². The summed E-state index contributed by atoms with van der Waals surface area (Å²) in [5.41, 5.74) is 0.520. The molecule has 8 nitrogen and oxygen atoms in total.